The third-order valence-electron chi connectivity index (χ3n) is 2.92. The monoisotopic (exact) mass is 180 g/mol. The van der Waals surface area contributed by atoms with E-state index in [1.807, 2.05) is 0 Å². The molecule has 2 heteroatoms. The van der Waals surface area contributed by atoms with Gasteiger partial charge in [-0.05, 0) is 31.1 Å². The van der Waals surface area contributed by atoms with E-state index in [-0.39, 0.29) is 0 Å². The van der Waals surface area contributed by atoms with Crippen LogP contribution in [0.4, 0.5) is 0 Å². The van der Waals surface area contributed by atoms with Gasteiger partial charge < -0.3 is 5.73 Å². The predicted molar refractivity (Wildman–Crippen MR) is 53.9 cm³/mol. The fourth-order valence-electron chi connectivity index (χ4n) is 2.39. The summed E-state index contributed by atoms with van der Waals surface area (Å²) in [7, 11) is 0. The van der Waals surface area contributed by atoms with Gasteiger partial charge >= 0.3 is 0 Å². The van der Waals surface area contributed by atoms with Crippen molar-refractivity contribution in [1.29, 1.82) is 5.26 Å². The molecule has 1 aliphatic rings. The first-order valence-corrected chi connectivity index (χ1v) is 5.26. The van der Waals surface area contributed by atoms with Crippen molar-refractivity contribution in [2.24, 2.45) is 17.6 Å². The first-order valence-electron chi connectivity index (χ1n) is 5.26. The molecule has 1 fully saturated rings. The van der Waals surface area contributed by atoms with Crippen molar-refractivity contribution in [2.45, 2.75) is 51.5 Å². The third kappa shape index (κ3) is 3.00. The standard InChI is InChI=1S/C11H20N2/c1-9(2)6-10-4-3-5-11(13,7-10)8-12/h9-10H,3-7,13H2,1-2H3. The molecule has 0 spiro atoms. The Hall–Kier alpha value is -0.550. The van der Waals surface area contributed by atoms with Crippen molar-refractivity contribution >= 4 is 0 Å². The van der Waals surface area contributed by atoms with Crippen LogP contribution in [0.5, 0.6) is 0 Å². The Balaban J connectivity index is 2.48. The normalized spacial score (nSPS) is 34.5. The molecule has 0 aromatic carbocycles. The van der Waals surface area contributed by atoms with Gasteiger partial charge in [0.2, 0.25) is 0 Å². The molecule has 2 nitrogen and oxygen atoms in total. The molecular weight excluding hydrogens is 160 g/mol. The minimum atomic E-state index is -0.516. The zero-order chi connectivity index (χ0) is 9.90. The zero-order valence-corrected chi connectivity index (χ0v) is 8.71. The lowest BCUT2D eigenvalue weighted by Crippen LogP contribution is -2.43. The van der Waals surface area contributed by atoms with E-state index in [4.69, 9.17) is 11.0 Å². The highest BCUT2D eigenvalue weighted by Gasteiger charge is 2.32. The van der Waals surface area contributed by atoms with Gasteiger partial charge in [-0.1, -0.05) is 26.7 Å². The largest absolute Gasteiger partial charge is 0.313 e. The average Bonchev–Trinajstić information content (AvgIpc) is 2.03. The molecule has 2 atom stereocenters. The third-order valence-corrected chi connectivity index (χ3v) is 2.92. The van der Waals surface area contributed by atoms with E-state index in [2.05, 4.69) is 19.9 Å². The topological polar surface area (TPSA) is 49.8 Å². The molecular formula is C11H20N2. The Labute approximate surface area is 81.1 Å². The van der Waals surface area contributed by atoms with Gasteiger partial charge in [0.1, 0.15) is 5.54 Å². The summed E-state index contributed by atoms with van der Waals surface area (Å²) in [6, 6.07) is 2.26. The van der Waals surface area contributed by atoms with E-state index >= 15 is 0 Å². The fourth-order valence-corrected chi connectivity index (χ4v) is 2.39. The molecule has 0 aromatic heterocycles. The summed E-state index contributed by atoms with van der Waals surface area (Å²) in [5.41, 5.74) is 5.45. The molecule has 1 saturated carbocycles. The Morgan fingerprint density at radius 1 is 1.62 bits per heavy atom. The lowest BCUT2D eigenvalue weighted by atomic mass is 9.74. The first-order chi connectivity index (χ1) is 6.06. The molecule has 2 unspecified atom stereocenters. The Bertz CT molecular complexity index is 205. The highest BCUT2D eigenvalue weighted by Crippen LogP contribution is 2.33. The van der Waals surface area contributed by atoms with Gasteiger partial charge in [-0.25, -0.2) is 0 Å². The van der Waals surface area contributed by atoms with Crippen LogP contribution in [-0.4, -0.2) is 5.54 Å². The lowest BCUT2D eigenvalue weighted by Gasteiger charge is -2.33. The van der Waals surface area contributed by atoms with Crippen molar-refractivity contribution in [2.75, 3.05) is 0 Å². The minimum absolute atomic E-state index is 0.516. The Morgan fingerprint density at radius 3 is 2.85 bits per heavy atom. The molecule has 0 radical (unpaired) electrons. The van der Waals surface area contributed by atoms with Crippen LogP contribution in [0, 0.1) is 23.2 Å². The maximum Gasteiger partial charge on any atom is 0.104 e. The van der Waals surface area contributed by atoms with Crippen molar-refractivity contribution in [3.63, 3.8) is 0 Å². The summed E-state index contributed by atoms with van der Waals surface area (Å²) in [5.74, 6) is 1.41. The number of nitriles is 1. The predicted octanol–water partition coefficient (Wildman–Crippen LogP) is 2.44. The zero-order valence-electron chi connectivity index (χ0n) is 8.71. The van der Waals surface area contributed by atoms with Crippen molar-refractivity contribution < 1.29 is 0 Å². The van der Waals surface area contributed by atoms with Crippen molar-refractivity contribution in [3.05, 3.63) is 0 Å². The minimum Gasteiger partial charge on any atom is -0.313 e. The van der Waals surface area contributed by atoms with Gasteiger partial charge in [-0.3, -0.25) is 0 Å². The molecule has 0 heterocycles. The van der Waals surface area contributed by atoms with Crippen LogP contribution in [-0.2, 0) is 0 Å². The smallest absolute Gasteiger partial charge is 0.104 e. The maximum absolute atomic E-state index is 8.93. The van der Waals surface area contributed by atoms with Gasteiger partial charge in [-0.2, -0.15) is 5.26 Å². The molecule has 0 aliphatic heterocycles. The van der Waals surface area contributed by atoms with Crippen molar-refractivity contribution in [1.82, 2.24) is 0 Å². The lowest BCUT2D eigenvalue weighted by molar-refractivity contribution is 0.241. The number of rotatable bonds is 2. The molecule has 1 aliphatic carbocycles. The summed E-state index contributed by atoms with van der Waals surface area (Å²) in [5, 5.41) is 8.93. The summed E-state index contributed by atoms with van der Waals surface area (Å²) in [6.45, 7) is 4.47. The second-order valence-electron chi connectivity index (χ2n) is 4.86. The molecule has 0 amide bonds. The van der Waals surface area contributed by atoms with E-state index in [9.17, 15) is 0 Å². The van der Waals surface area contributed by atoms with Crippen LogP contribution in [0.25, 0.3) is 0 Å². The van der Waals surface area contributed by atoms with Crippen LogP contribution < -0.4 is 5.73 Å². The molecule has 13 heavy (non-hydrogen) atoms. The van der Waals surface area contributed by atoms with Crippen molar-refractivity contribution in [3.8, 4) is 6.07 Å². The van der Waals surface area contributed by atoms with Crippen LogP contribution >= 0.6 is 0 Å². The van der Waals surface area contributed by atoms with E-state index < -0.39 is 5.54 Å². The SMILES string of the molecule is CC(C)CC1CCCC(N)(C#N)C1. The summed E-state index contributed by atoms with van der Waals surface area (Å²) in [4.78, 5) is 0. The van der Waals surface area contributed by atoms with Gasteiger partial charge in [0.25, 0.3) is 0 Å². The van der Waals surface area contributed by atoms with Gasteiger partial charge in [0.05, 0.1) is 6.07 Å². The molecule has 0 saturated heterocycles. The van der Waals surface area contributed by atoms with E-state index in [1.165, 1.54) is 12.8 Å². The number of hydrogen-bond acceptors (Lipinski definition) is 2. The molecule has 0 aromatic rings. The van der Waals surface area contributed by atoms with Crippen LogP contribution in [0.15, 0.2) is 0 Å². The van der Waals surface area contributed by atoms with Crippen LogP contribution in [0.1, 0.15) is 46.0 Å². The number of nitrogens with zero attached hydrogens (tertiary/aromatic N) is 1. The van der Waals surface area contributed by atoms with E-state index in [0.717, 1.165) is 25.2 Å². The molecule has 1 rings (SSSR count). The van der Waals surface area contributed by atoms with Gasteiger partial charge in [0.15, 0.2) is 0 Å². The highest BCUT2D eigenvalue weighted by atomic mass is 14.7. The van der Waals surface area contributed by atoms with Gasteiger partial charge in [0, 0.05) is 0 Å². The summed E-state index contributed by atoms with van der Waals surface area (Å²) < 4.78 is 0. The first kappa shape index (κ1) is 10.5. The Morgan fingerprint density at radius 2 is 2.31 bits per heavy atom. The Kier molecular flexibility index (Phi) is 3.33. The highest BCUT2D eigenvalue weighted by molar-refractivity contribution is 5.07. The molecule has 2 N–H and O–H groups in total. The van der Waals surface area contributed by atoms with E-state index in [0.29, 0.717) is 5.92 Å². The van der Waals surface area contributed by atoms with E-state index in [1.54, 1.807) is 0 Å². The molecule has 0 bridgehead atoms. The fraction of sp³-hybridized carbons (Fsp3) is 0.909. The van der Waals surface area contributed by atoms with Crippen LogP contribution in [0.2, 0.25) is 0 Å². The quantitative estimate of drug-likeness (QED) is 0.709. The second-order valence-corrected chi connectivity index (χ2v) is 4.86. The van der Waals surface area contributed by atoms with Crippen LogP contribution in [0.3, 0.4) is 0 Å². The number of hydrogen-bond donors (Lipinski definition) is 1. The number of nitrogens with two attached hydrogens (primary N) is 1. The van der Waals surface area contributed by atoms with Gasteiger partial charge in [-0.15, -0.1) is 0 Å². The second kappa shape index (κ2) is 4.11. The summed E-state index contributed by atoms with van der Waals surface area (Å²) >= 11 is 0. The summed E-state index contributed by atoms with van der Waals surface area (Å²) in [6.07, 6.45) is 5.40. The average molecular weight is 180 g/mol. The maximum atomic E-state index is 8.93. The molecule has 74 valence electrons.